The van der Waals surface area contributed by atoms with E-state index < -0.39 is 0 Å². The molecule has 0 bridgehead atoms. The number of hydrogen-bond acceptors (Lipinski definition) is 3. The number of nitrogens with zero attached hydrogens (tertiary/aromatic N) is 1. The maximum absolute atomic E-state index is 14.1. The molecule has 2 aliphatic rings. The van der Waals surface area contributed by atoms with E-state index >= 15 is 0 Å². The van der Waals surface area contributed by atoms with Gasteiger partial charge in [0.15, 0.2) is 0 Å². The Morgan fingerprint density at radius 3 is 2.75 bits per heavy atom. The summed E-state index contributed by atoms with van der Waals surface area (Å²) in [4.78, 5) is 2.19. The summed E-state index contributed by atoms with van der Waals surface area (Å²) in [5, 5.41) is 3.99. The number of rotatable bonds is 2. The number of anilines is 1. The van der Waals surface area contributed by atoms with Crippen LogP contribution in [0.5, 0.6) is 5.75 Å². The first kappa shape index (κ1) is 15.7. The second-order valence-corrected chi connectivity index (χ2v) is 6.78. The Morgan fingerprint density at radius 1 is 1.12 bits per heavy atom. The average Bonchev–Trinajstić information content (AvgIpc) is 2.81. The second-order valence-electron chi connectivity index (χ2n) is 6.34. The van der Waals surface area contributed by atoms with Crippen LogP contribution in [0.3, 0.4) is 0 Å². The number of hydrogen-bond donors (Lipinski definition) is 1. The van der Waals surface area contributed by atoms with Gasteiger partial charge in [-0.05, 0) is 67.4 Å². The summed E-state index contributed by atoms with van der Waals surface area (Å²) in [7, 11) is 0. The van der Waals surface area contributed by atoms with Crippen LogP contribution in [0.15, 0.2) is 30.3 Å². The average molecular weight is 347 g/mol. The van der Waals surface area contributed by atoms with E-state index in [0.29, 0.717) is 23.7 Å². The molecule has 0 radical (unpaired) electrons. The molecule has 0 spiro atoms. The van der Waals surface area contributed by atoms with E-state index in [0.717, 1.165) is 43.9 Å². The van der Waals surface area contributed by atoms with Crippen LogP contribution in [0.4, 0.5) is 10.1 Å². The first-order valence-electron chi connectivity index (χ1n) is 8.39. The number of halogens is 2. The fraction of sp³-hybridized carbons (Fsp3) is 0.368. The van der Waals surface area contributed by atoms with E-state index in [9.17, 15) is 4.39 Å². The number of fused-ring (bicyclic) bond motifs is 2. The highest BCUT2D eigenvalue weighted by atomic mass is 35.5. The van der Waals surface area contributed by atoms with Crippen LogP contribution >= 0.6 is 11.6 Å². The Bertz CT molecular complexity index is 765. The molecule has 2 aromatic carbocycles. The topological polar surface area (TPSA) is 24.5 Å². The van der Waals surface area contributed by atoms with Crippen molar-refractivity contribution in [1.29, 1.82) is 0 Å². The van der Waals surface area contributed by atoms with Gasteiger partial charge in [-0.15, -0.1) is 0 Å². The molecule has 0 atom stereocenters. The van der Waals surface area contributed by atoms with Crippen molar-refractivity contribution in [2.45, 2.75) is 19.4 Å². The van der Waals surface area contributed by atoms with E-state index in [1.807, 2.05) is 0 Å². The normalized spacial score (nSPS) is 16.8. The molecule has 24 heavy (non-hydrogen) atoms. The summed E-state index contributed by atoms with van der Waals surface area (Å²) in [6, 6.07) is 9.11. The minimum Gasteiger partial charge on any atom is -0.490 e. The van der Waals surface area contributed by atoms with E-state index in [-0.39, 0.29) is 5.82 Å². The molecule has 2 aliphatic heterocycles. The first-order chi connectivity index (χ1) is 11.7. The van der Waals surface area contributed by atoms with Crippen molar-refractivity contribution in [3.8, 4) is 5.75 Å². The van der Waals surface area contributed by atoms with Gasteiger partial charge in [0.25, 0.3) is 0 Å². The van der Waals surface area contributed by atoms with Gasteiger partial charge in [-0.25, -0.2) is 4.39 Å². The molecule has 0 unspecified atom stereocenters. The summed E-state index contributed by atoms with van der Waals surface area (Å²) in [5.41, 5.74) is 4.39. The zero-order chi connectivity index (χ0) is 16.5. The second kappa shape index (κ2) is 6.61. The van der Waals surface area contributed by atoms with Crippen molar-refractivity contribution in [3.05, 3.63) is 57.9 Å². The van der Waals surface area contributed by atoms with Gasteiger partial charge < -0.3 is 15.0 Å². The maximum Gasteiger partial charge on any atom is 0.142 e. The molecule has 0 saturated heterocycles. The minimum atomic E-state index is -0.216. The van der Waals surface area contributed by atoms with Crippen molar-refractivity contribution in [2.24, 2.45) is 0 Å². The zero-order valence-corrected chi connectivity index (χ0v) is 14.2. The van der Waals surface area contributed by atoms with Crippen LogP contribution in [0.2, 0.25) is 5.02 Å². The molecule has 5 heteroatoms. The molecule has 0 aliphatic carbocycles. The fourth-order valence-corrected chi connectivity index (χ4v) is 3.67. The van der Waals surface area contributed by atoms with Crippen LogP contribution < -0.4 is 15.0 Å². The van der Waals surface area contributed by atoms with Crippen LogP contribution in [-0.2, 0) is 19.4 Å². The van der Waals surface area contributed by atoms with Gasteiger partial charge in [-0.1, -0.05) is 11.6 Å². The van der Waals surface area contributed by atoms with Crippen molar-refractivity contribution in [2.75, 3.05) is 31.1 Å². The molecule has 126 valence electrons. The molecule has 1 N–H and O–H groups in total. The molecule has 2 aromatic rings. The van der Waals surface area contributed by atoms with Gasteiger partial charge in [0, 0.05) is 17.1 Å². The van der Waals surface area contributed by atoms with E-state index in [1.165, 1.54) is 17.2 Å². The van der Waals surface area contributed by atoms with Crippen molar-refractivity contribution < 1.29 is 9.13 Å². The van der Waals surface area contributed by atoms with Crippen LogP contribution in [0.1, 0.15) is 16.7 Å². The Hall–Kier alpha value is -1.78. The van der Waals surface area contributed by atoms with Gasteiger partial charge in [0.2, 0.25) is 0 Å². The lowest BCUT2D eigenvalue weighted by Gasteiger charge is -2.32. The third-order valence-corrected chi connectivity index (χ3v) is 4.99. The molecule has 0 amide bonds. The van der Waals surface area contributed by atoms with E-state index in [1.54, 1.807) is 12.1 Å². The van der Waals surface area contributed by atoms with Gasteiger partial charge in [-0.2, -0.15) is 0 Å². The van der Waals surface area contributed by atoms with E-state index in [4.69, 9.17) is 16.3 Å². The smallest absolute Gasteiger partial charge is 0.142 e. The quantitative estimate of drug-likeness (QED) is 0.899. The Morgan fingerprint density at radius 2 is 1.92 bits per heavy atom. The summed E-state index contributed by atoms with van der Waals surface area (Å²) >= 11 is 6.03. The predicted octanol–water partition coefficient (Wildman–Crippen LogP) is 3.57. The first-order valence-corrected chi connectivity index (χ1v) is 8.77. The Kier molecular flexibility index (Phi) is 4.33. The Labute approximate surface area is 146 Å². The van der Waals surface area contributed by atoms with Crippen molar-refractivity contribution in [1.82, 2.24) is 5.32 Å². The fourth-order valence-electron chi connectivity index (χ4n) is 3.47. The third-order valence-electron chi connectivity index (χ3n) is 4.75. The zero-order valence-electron chi connectivity index (χ0n) is 13.4. The van der Waals surface area contributed by atoms with Gasteiger partial charge in [0.05, 0.1) is 12.2 Å². The lowest BCUT2D eigenvalue weighted by Crippen LogP contribution is -2.32. The highest BCUT2D eigenvalue weighted by molar-refractivity contribution is 6.30. The van der Waals surface area contributed by atoms with E-state index in [2.05, 4.69) is 22.3 Å². The van der Waals surface area contributed by atoms with Crippen molar-refractivity contribution in [3.63, 3.8) is 0 Å². The lowest BCUT2D eigenvalue weighted by molar-refractivity contribution is 0.306. The third kappa shape index (κ3) is 3.08. The van der Waals surface area contributed by atoms with Crippen LogP contribution in [0.25, 0.3) is 0 Å². The number of nitrogens with one attached hydrogen (secondary N) is 1. The molecule has 2 heterocycles. The SMILES string of the molecule is Fc1ccc(Cl)cc1CN1CCOc2cc3c(cc21)CCNCC3. The van der Waals surface area contributed by atoms with Crippen molar-refractivity contribution >= 4 is 17.3 Å². The Balaban J connectivity index is 1.68. The minimum absolute atomic E-state index is 0.216. The highest BCUT2D eigenvalue weighted by Gasteiger charge is 2.22. The largest absolute Gasteiger partial charge is 0.490 e. The van der Waals surface area contributed by atoms with Gasteiger partial charge >= 0.3 is 0 Å². The monoisotopic (exact) mass is 346 g/mol. The predicted molar refractivity (Wildman–Crippen MR) is 94.7 cm³/mol. The lowest BCUT2D eigenvalue weighted by atomic mass is 10.00. The molecule has 3 nitrogen and oxygen atoms in total. The number of benzene rings is 2. The number of ether oxygens (including phenoxy) is 1. The molecule has 4 rings (SSSR count). The molecule has 0 saturated carbocycles. The summed E-state index contributed by atoms with van der Waals surface area (Å²) < 4.78 is 20.0. The molecular weight excluding hydrogens is 327 g/mol. The summed E-state index contributed by atoms with van der Waals surface area (Å²) in [5.74, 6) is 0.690. The standard InChI is InChI=1S/C19H20ClFN2O/c20-16-1-2-17(21)15(9-16)12-23-7-8-24-19-11-14-4-6-22-5-3-13(14)10-18(19)23/h1-2,9-11,22H,3-8,12H2. The van der Waals surface area contributed by atoms with Crippen LogP contribution in [0, 0.1) is 5.82 Å². The molecule has 0 aromatic heterocycles. The van der Waals surface area contributed by atoms with Gasteiger partial charge in [0.1, 0.15) is 18.2 Å². The highest BCUT2D eigenvalue weighted by Crippen LogP contribution is 2.36. The van der Waals surface area contributed by atoms with Gasteiger partial charge in [-0.3, -0.25) is 0 Å². The maximum atomic E-state index is 14.1. The summed E-state index contributed by atoms with van der Waals surface area (Å²) in [6.45, 7) is 3.86. The summed E-state index contributed by atoms with van der Waals surface area (Å²) in [6.07, 6.45) is 2.04. The molecular formula is C19H20ClFN2O. The molecule has 0 fully saturated rings. The van der Waals surface area contributed by atoms with Crippen LogP contribution in [-0.4, -0.2) is 26.2 Å².